The van der Waals surface area contributed by atoms with Crippen molar-refractivity contribution in [3.8, 4) is 11.4 Å². The normalized spacial score (nSPS) is 10.3. The third kappa shape index (κ3) is 2.54. The zero-order valence-electron chi connectivity index (χ0n) is 8.91. The number of nitrogens with zero attached hydrogens (tertiary/aromatic N) is 4. The van der Waals surface area contributed by atoms with E-state index in [1.165, 1.54) is 0 Å². The molecule has 0 amide bonds. The molecular weight excluding hydrogens is 208 g/mol. The van der Waals surface area contributed by atoms with Gasteiger partial charge in [0.2, 0.25) is 0 Å². The van der Waals surface area contributed by atoms with Crippen LogP contribution in [0, 0.1) is 0 Å². The van der Waals surface area contributed by atoms with Crippen molar-refractivity contribution in [2.75, 3.05) is 20.3 Å². The molecule has 6 heteroatoms. The second kappa shape index (κ2) is 5.22. The summed E-state index contributed by atoms with van der Waals surface area (Å²) in [7, 11) is 1.64. The van der Waals surface area contributed by atoms with Crippen molar-refractivity contribution in [1.29, 1.82) is 0 Å². The minimum atomic E-state index is 0.542. The number of tetrazole rings is 1. The Bertz CT molecular complexity index is 413. The molecule has 2 aromatic rings. The maximum atomic E-state index is 5.43. The summed E-state index contributed by atoms with van der Waals surface area (Å²) >= 11 is 0. The van der Waals surface area contributed by atoms with Crippen molar-refractivity contribution < 1.29 is 9.47 Å². The van der Waals surface area contributed by atoms with E-state index in [9.17, 15) is 0 Å². The standard InChI is InChI=1S/C10H12N4O2/c1-15-6-7-16-10-4-2-9(3-5-10)14-8-11-12-13-14/h2-5,8H,6-7H2,1H3. The van der Waals surface area contributed by atoms with Gasteiger partial charge < -0.3 is 9.47 Å². The van der Waals surface area contributed by atoms with Gasteiger partial charge >= 0.3 is 0 Å². The first-order chi connectivity index (χ1) is 7.90. The molecule has 1 heterocycles. The van der Waals surface area contributed by atoms with Crippen molar-refractivity contribution >= 4 is 0 Å². The monoisotopic (exact) mass is 220 g/mol. The van der Waals surface area contributed by atoms with Crippen molar-refractivity contribution in [1.82, 2.24) is 20.2 Å². The molecule has 0 atom stereocenters. The van der Waals surface area contributed by atoms with Gasteiger partial charge in [0.15, 0.2) is 0 Å². The Morgan fingerprint density at radius 1 is 1.19 bits per heavy atom. The highest BCUT2D eigenvalue weighted by molar-refractivity contribution is 5.36. The molecule has 0 fully saturated rings. The number of ether oxygens (including phenoxy) is 2. The molecule has 0 radical (unpaired) electrons. The van der Waals surface area contributed by atoms with Crippen LogP contribution in [0.15, 0.2) is 30.6 Å². The molecule has 84 valence electrons. The second-order valence-corrected chi connectivity index (χ2v) is 3.09. The Morgan fingerprint density at radius 2 is 2.00 bits per heavy atom. The predicted molar refractivity (Wildman–Crippen MR) is 56.5 cm³/mol. The third-order valence-corrected chi connectivity index (χ3v) is 2.01. The highest BCUT2D eigenvalue weighted by atomic mass is 16.5. The fourth-order valence-electron chi connectivity index (χ4n) is 1.22. The van der Waals surface area contributed by atoms with Crippen molar-refractivity contribution in [2.45, 2.75) is 0 Å². The van der Waals surface area contributed by atoms with Crippen molar-refractivity contribution in [3.05, 3.63) is 30.6 Å². The molecule has 0 bridgehead atoms. The summed E-state index contributed by atoms with van der Waals surface area (Å²) in [5.41, 5.74) is 0.893. The topological polar surface area (TPSA) is 62.1 Å². The molecular formula is C10H12N4O2. The molecule has 0 N–H and O–H groups in total. The summed E-state index contributed by atoms with van der Waals surface area (Å²) in [6.45, 7) is 1.12. The zero-order chi connectivity index (χ0) is 11.2. The molecule has 2 rings (SSSR count). The Morgan fingerprint density at radius 3 is 2.62 bits per heavy atom. The van der Waals surface area contributed by atoms with Crippen LogP contribution >= 0.6 is 0 Å². The van der Waals surface area contributed by atoms with Crippen LogP contribution < -0.4 is 4.74 Å². The van der Waals surface area contributed by atoms with E-state index in [2.05, 4.69) is 15.5 Å². The lowest BCUT2D eigenvalue weighted by Crippen LogP contribution is -2.04. The first-order valence-electron chi connectivity index (χ1n) is 4.85. The van der Waals surface area contributed by atoms with E-state index in [0.717, 1.165) is 11.4 Å². The first kappa shape index (κ1) is 10.6. The van der Waals surface area contributed by atoms with Crippen LogP contribution in [0.5, 0.6) is 5.75 Å². The van der Waals surface area contributed by atoms with Gasteiger partial charge in [0, 0.05) is 7.11 Å². The molecule has 1 aromatic carbocycles. The van der Waals surface area contributed by atoms with Crippen LogP contribution in [0.1, 0.15) is 0 Å². The quantitative estimate of drug-likeness (QED) is 0.694. The lowest BCUT2D eigenvalue weighted by atomic mass is 10.3. The van der Waals surface area contributed by atoms with E-state index >= 15 is 0 Å². The molecule has 1 aromatic heterocycles. The molecule has 0 saturated carbocycles. The molecule has 0 aliphatic rings. The predicted octanol–water partition coefficient (Wildman–Crippen LogP) is 0.688. The van der Waals surface area contributed by atoms with Gasteiger partial charge in [-0.2, -0.15) is 0 Å². The maximum Gasteiger partial charge on any atom is 0.143 e. The largest absolute Gasteiger partial charge is 0.491 e. The fourth-order valence-corrected chi connectivity index (χ4v) is 1.22. The summed E-state index contributed by atoms with van der Waals surface area (Å²) in [6, 6.07) is 7.51. The SMILES string of the molecule is COCCOc1ccc(-n2cnnn2)cc1. The number of rotatable bonds is 5. The Balaban J connectivity index is 2.00. The molecule has 6 nitrogen and oxygen atoms in total. The Kier molecular flexibility index (Phi) is 3.45. The molecule has 0 aliphatic heterocycles. The van der Waals surface area contributed by atoms with Gasteiger partial charge in [-0.25, -0.2) is 4.68 Å². The number of benzene rings is 1. The first-order valence-corrected chi connectivity index (χ1v) is 4.85. The van der Waals surface area contributed by atoms with E-state index in [4.69, 9.17) is 9.47 Å². The van der Waals surface area contributed by atoms with Crippen molar-refractivity contribution in [2.24, 2.45) is 0 Å². The van der Waals surface area contributed by atoms with E-state index in [1.54, 1.807) is 18.1 Å². The van der Waals surface area contributed by atoms with Gasteiger partial charge in [-0.05, 0) is 34.7 Å². The van der Waals surface area contributed by atoms with E-state index in [-0.39, 0.29) is 0 Å². The van der Waals surface area contributed by atoms with Crippen LogP contribution in [0.3, 0.4) is 0 Å². The van der Waals surface area contributed by atoms with Crippen LogP contribution in [0.25, 0.3) is 5.69 Å². The number of aromatic nitrogens is 4. The average Bonchev–Trinajstić information content (AvgIpc) is 2.84. The molecule has 0 saturated heterocycles. The highest BCUT2D eigenvalue weighted by Crippen LogP contribution is 2.13. The van der Waals surface area contributed by atoms with Crippen LogP contribution in [0.2, 0.25) is 0 Å². The lowest BCUT2D eigenvalue weighted by molar-refractivity contribution is 0.146. The Hall–Kier alpha value is -1.95. The molecule has 0 aliphatic carbocycles. The smallest absolute Gasteiger partial charge is 0.143 e. The summed E-state index contributed by atoms with van der Waals surface area (Å²) in [4.78, 5) is 0. The van der Waals surface area contributed by atoms with Gasteiger partial charge in [0.1, 0.15) is 18.7 Å². The second-order valence-electron chi connectivity index (χ2n) is 3.09. The molecule has 16 heavy (non-hydrogen) atoms. The Labute approximate surface area is 92.8 Å². The highest BCUT2D eigenvalue weighted by Gasteiger charge is 1.98. The van der Waals surface area contributed by atoms with Gasteiger partial charge in [-0.15, -0.1) is 5.10 Å². The molecule has 0 unspecified atom stereocenters. The summed E-state index contributed by atoms with van der Waals surface area (Å²) in [6.07, 6.45) is 1.54. The van der Waals surface area contributed by atoms with Crippen molar-refractivity contribution in [3.63, 3.8) is 0 Å². The van der Waals surface area contributed by atoms with Crippen LogP contribution in [0.4, 0.5) is 0 Å². The minimum Gasteiger partial charge on any atom is -0.491 e. The zero-order valence-corrected chi connectivity index (χ0v) is 8.91. The van der Waals surface area contributed by atoms with E-state index in [0.29, 0.717) is 13.2 Å². The number of methoxy groups -OCH3 is 1. The minimum absolute atomic E-state index is 0.542. The molecule has 0 spiro atoms. The van der Waals surface area contributed by atoms with Gasteiger partial charge in [-0.3, -0.25) is 0 Å². The van der Waals surface area contributed by atoms with Gasteiger partial charge in [-0.1, -0.05) is 0 Å². The summed E-state index contributed by atoms with van der Waals surface area (Å²) < 4.78 is 11.9. The van der Waals surface area contributed by atoms with Gasteiger partial charge in [0.05, 0.1) is 12.3 Å². The fraction of sp³-hybridized carbons (Fsp3) is 0.300. The lowest BCUT2D eigenvalue weighted by Gasteiger charge is -2.05. The number of hydrogen-bond acceptors (Lipinski definition) is 5. The summed E-state index contributed by atoms with van der Waals surface area (Å²) in [5, 5.41) is 10.9. The van der Waals surface area contributed by atoms with Crippen LogP contribution in [-0.2, 0) is 4.74 Å². The number of hydrogen-bond donors (Lipinski definition) is 0. The summed E-state index contributed by atoms with van der Waals surface area (Å²) in [5.74, 6) is 0.800. The van der Waals surface area contributed by atoms with Gasteiger partial charge in [0.25, 0.3) is 0 Å². The van der Waals surface area contributed by atoms with E-state index in [1.807, 2.05) is 24.3 Å². The van der Waals surface area contributed by atoms with Crippen LogP contribution in [-0.4, -0.2) is 40.5 Å². The third-order valence-electron chi connectivity index (χ3n) is 2.01. The maximum absolute atomic E-state index is 5.43. The average molecular weight is 220 g/mol. The van der Waals surface area contributed by atoms with E-state index < -0.39 is 0 Å².